The third-order valence-electron chi connectivity index (χ3n) is 5.07. The molecule has 0 aromatic heterocycles. The molecular formula is C24H29NO4. The van der Waals surface area contributed by atoms with Crippen LogP contribution in [0.15, 0.2) is 54.6 Å². The molecule has 154 valence electrons. The van der Waals surface area contributed by atoms with Crippen molar-refractivity contribution in [1.29, 1.82) is 0 Å². The molecule has 0 bridgehead atoms. The first-order valence-electron chi connectivity index (χ1n) is 9.89. The summed E-state index contributed by atoms with van der Waals surface area (Å²) in [5, 5.41) is 13.3. The van der Waals surface area contributed by atoms with Gasteiger partial charge in [0.15, 0.2) is 5.78 Å². The Labute approximate surface area is 172 Å². The number of nitrogens with one attached hydrogen (secondary N) is 1. The Bertz CT molecular complexity index is 871. The van der Waals surface area contributed by atoms with Crippen LogP contribution in [0.25, 0.3) is 0 Å². The zero-order chi connectivity index (χ0) is 21.3. The van der Waals surface area contributed by atoms with E-state index in [0.717, 1.165) is 11.1 Å². The number of ketones is 1. The zero-order valence-corrected chi connectivity index (χ0v) is 17.5. The molecule has 2 aromatic carbocycles. The molecule has 1 aliphatic rings. The molecule has 1 aliphatic carbocycles. The second-order valence-electron chi connectivity index (χ2n) is 9.22. The highest BCUT2D eigenvalue weighted by Crippen LogP contribution is 2.48. The Balaban J connectivity index is 1.76. The number of alkyl carbamates (subject to hydrolysis) is 1. The van der Waals surface area contributed by atoms with Gasteiger partial charge >= 0.3 is 6.09 Å². The minimum absolute atomic E-state index is 0.0394. The van der Waals surface area contributed by atoms with E-state index in [1.54, 1.807) is 19.1 Å². The van der Waals surface area contributed by atoms with E-state index in [2.05, 4.69) is 5.32 Å². The van der Waals surface area contributed by atoms with Crippen molar-refractivity contribution in [2.75, 3.05) is 0 Å². The van der Waals surface area contributed by atoms with Crippen molar-refractivity contribution in [1.82, 2.24) is 5.32 Å². The molecule has 1 fully saturated rings. The maximum atomic E-state index is 12.6. The number of carbonyl (C=O) groups excluding carboxylic acids is 2. The van der Waals surface area contributed by atoms with Crippen LogP contribution in [0, 0.1) is 0 Å². The van der Waals surface area contributed by atoms with Crippen LogP contribution in [-0.4, -0.2) is 28.2 Å². The van der Waals surface area contributed by atoms with Gasteiger partial charge in [-0.25, -0.2) is 4.79 Å². The number of hydrogen-bond acceptors (Lipinski definition) is 4. The quantitative estimate of drug-likeness (QED) is 0.737. The fourth-order valence-corrected chi connectivity index (χ4v) is 3.97. The van der Waals surface area contributed by atoms with E-state index in [-0.39, 0.29) is 5.78 Å². The van der Waals surface area contributed by atoms with E-state index in [4.69, 9.17) is 4.74 Å². The summed E-state index contributed by atoms with van der Waals surface area (Å²) in [6, 6.07) is 16.9. The summed E-state index contributed by atoms with van der Waals surface area (Å²) >= 11 is 0. The van der Waals surface area contributed by atoms with Crippen molar-refractivity contribution in [2.24, 2.45) is 0 Å². The third-order valence-corrected chi connectivity index (χ3v) is 5.07. The van der Waals surface area contributed by atoms with Crippen LogP contribution in [0.5, 0.6) is 0 Å². The van der Waals surface area contributed by atoms with Gasteiger partial charge in [0.1, 0.15) is 5.60 Å². The highest BCUT2D eigenvalue weighted by atomic mass is 16.6. The number of Topliss-reactive ketones (excluding diaryl/α,β-unsaturated/α-hetero) is 1. The molecule has 5 heteroatoms. The average Bonchev–Trinajstić information content (AvgIpc) is 2.59. The first kappa shape index (κ1) is 21.1. The summed E-state index contributed by atoms with van der Waals surface area (Å²) in [4.78, 5) is 24.9. The van der Waals surface area contributed by atoms with Crippen molar-refractivity contribution in [3.8, 4) is 0 Å². The van der Waals surface area contributed by atoms with Crippen molar-refractivity contribution >= 4 is 11.9 Å². The van der Waals surface area contributed by atoms with E-state index in [0.29, 0.717) is 24.8 Å². The first-order chi connectivity index (χ1) is 13.5. The molecule has 0 atom stereocenters. The average molecular weight is 395 g/mol. The number of aliphatic hydroxyl groups is 1. The summed E-state index contributed by atoms with van der Waals surface area (Å²) in [6.45, 7) is 7.18. The Morgan fingerprint density at radius 1 is 1.03 bits per heavy atom. The normalized spacial score (nSPS) is 23.8. The molecule has 2 N–H and O–H groups in total. The van der Waals surface area contributed by atoms with Crippen molar-refractivity contribution < 1.29 is 19.4 Å². The van der Waals surface area contributed by atoms with Gasteiger partial charge < -0.3 is 15.2 Å². The Morgan fingerprint density at radius 2 is 1.62 bits per heavy atom. The minimum Gasteiger partial charge on any atom is -0.444 e. The van der Waals surface area contributed by atoms with E-state index in [9.17, 15) is 14.7 Å². The van der Waals surface area contributed by atoms with Crippen LogP contribution < -0.4 is 5.32 Å². The van der Waals surface area contributed by atoms with Crippen molar-refractivity contribution in [3.63, 3.8) is 0 Å². The fourth-order valence-electron chi connectivity index (χ4n) is 3.97. The number of rotatable bonds is 5. The van der Waals surface area contributed by atoms with Gasteiger partial charge in [-0.3, -0.25) is 4.79 Å². The monoisotopic (exact) mass is 395 g/mol. The van der Waals surface area contributed by atoms with Gasteiger partial charge in [0.05, 0.1) is 11.1 Å². The Kier molecular flexibility index (Phi) is 5.54. The molecule has 3 rings (SSSR count). The molecule has 0 saturated heterocycles. The van der Waals surface area contributed by atoms with Crippen LogP contribution >= 0.6 is 0 Å². The lowest BCUT2D eigenvalue weighted by molar-refractivity contribution is -0.0892. The number of amides is 1. The molecule has 29 heavy (non-hydrogen) atoms. The Hall–Kier alpha value is -2.66. The SMILES string of the molecule is CC(C)(C)OC(=O)N[C@]1(c2ccc(C(=O)Cc3ccccc3)cc2)C[C@@](C)(O)C1. The standard InChI is InChI=1S/C24H29NO4/c1-22(2,3)29-21(27)25-24(15-23(4,28)16-24)19-12-10-18(11-13-19)20(26)14-17-8-6-5-7-9-17/h5-13,28H,14-16H2,1-4H3,(H,25,27)/t23-,24-. The summed E-state index contributed by atoms with van der Waals surface area (Å²) in [7, 11) is 0. The van der Waals surface area contributed by atoms with Crippen LogP contribution in [0.3, 0.4) is 0 Å². The van der Waals surface area contributed by atoms with Gasteiger partial charge in [0.2, 0.25) is 0 Å². The van der Waals surface area contributed by atoms with E-state index in [1.807, 2.05) is 63.2 Å². The van der Waals surface area contributed by atoms with Gasteiger partial charge in [0.25, 0.3) is 0 Å². The van der Waals surface area contributed by atoms with Crippen LogP contribution in [0.4, 0.5) is 4.79 Å². The molecular weight excluding hydrogens is 366 g/mol. The number of hydrogen-bond donors (Lipinski definition) is 2. The number of benzene rings is 2. The van der Waals surface area contributed by atoms with E-state index in [1.165, 1.54) is 0 Å². The summed E-state index contributed by atoms with van der Waals surface area (Å²) < 4.78 is 5.40. The highest BCUT2D eigenvalue weighted by molar-refractivity contribution is 5.97. The summed E-state index contributed by atoms with van der Waals surface area (Å²) in [6.07, 6.45) is 0.598. The van der Waals surface area contributed by atoms with E-state index < -0.39 is 22.8 Å². The maximum absolute atomic E-state index is 12.6. The molecule has 0 spiro atoms. The maximum Gasteiger partial charge on any atom is 0.408 e. The van der Waals surface area contributed by atoms with Crippen LogP contribution in [-0.2, 0) is 16.7 Å². The van der Waals surface area contributed by atoms with Gasteiger partial charge in [-0.1, -0.05) is 54.6 Å². The highest BCUT2D eigenvalue weighted by Gasteiger charge is 2.53. The third kappa shape index (κ3) is 5.24. The van der Waals surface area contributed by atoms with Crippen molar-refractivity contribution in [2.45, 2.75) is 63.7 Å². The molecule has 0 radical (unpaired) electrons. The smallest absolute Gasteiger partial charge is 0.408 e. The second kappa shape index (κ2) is 7.64. The lowest BCUT2D eigenvalue weighted by Crippen LogP contribution is -2.62. The molecule has 0 unspecified atom stereocenters. The lowest BCUT2D eigenvalue weighted by atomic mass is 9.62. The van der Waals surface area contributed by atoms with Gasteiger partial charge in [-0.05, 0) is 38.8 Å². The topological polar surface area (TPSA) is 75.6 Å². The fraction of sp³-hybridized carbons (Fsp3) is 0.417. The summed E-state index contributed by atoms with van der Waals surface area (Å²) in [5.41, 5.74) is 0.288. The molecule has 0 aliphatic heterocycles. The minimum atomic E-state index is -0.850. The van der Waals surface area contributed by atoms with Gasteiger partial charge in [-0.2, -0.15) is 0 Å². The number of carbonyl (C=O) groups is 2. The number of ether oxygens (including phenoxy) is 1. The molecule has 1 amide bonds. The van der Waals surface area contributed by atoms with E-state index >= 15 is 0 Å². The van der Waals surface area contributed by atoms with Gasteiger partial charge in [-0.15, -0.1) is 0 Å². The van der Waals surface area contributed by atoms with Crippen LogP contribution in [0.1, 0.15) is 62.0 Å². The second-order valence-corrected chi connectivity index (χ2v) is 9.22. The van der Waals surface area contributed by atoms with Gasteiger partial charge in [0, 0.05) is 24.8 Å². The zero-order valence-electron chi connectivity index (χ0n) is 17.5. The molecule has 5 nitrogen and oxygen atoms in total. The predicted molar refractivity (Wildman–Crippen MR) is 112 cm³/mol. The molecule has 2 aromatic rings. The molecule has 0 heterocycles. The largest absolute Gasteiger partial charge is 0.444 e. The first-order valence-corrected chi connectivity index (χ1v) is 9.89. The molecule has 1 saturated carbocycles. The van der Waals surface area contributed by atoms with Crippen LogP contribution in [0.2, 0.25) is 0 Å². The predicted octanol–water partition coefficient (Wildman–Crippen LogP) is 4.38. The lowest BCUT2D eigenvalue weighted by Gasteiger charge is -2.52. The Morgan fingerprint density at radius 3 is 2.14 bits per heavy atom. The summed E-state index contributed by atoms with van der Waals surface area (Å²) in [5.74, 6) is 0.0394. The van der Waals surface area contributed by atoms with Crippen molar-refractivity contribution in [3.05, 3.63) is 71.3 Å².